The van der Waals surface area contributed by atoms with Crippen LogP contribution < -0.4 is 15.0 Å². The average molecular weight is 462 g/mol. The fraction of sp³-hybridized carbons (Fsp3) is 0.300. The summed E-state index contributed by atoms with van der Waals surface area (Å²) in [5, 5.41) is 13.9. The number of halogens is 1. The molecule has 0 saturated carbocycles. The monoisotopic (exact) mass is 461 g/mol. The lowest BCUT2D eigenvalue weighted by Crippen LogP contribution is -2.28. The Bertz CT molecular complexity index is 1010. The summed E-state index contributed by atoms with van der Waals surface area (Å²) in [6, 6.07) is 7.73. The summed E-state index contributed by atoms with van der Waals surface area (Å²) in [6.45, 7) is 4.05. The van der Waals surface area contributed by atoms with E-state index in [2.05, 4.69) is 21.2 Å². The van der Waals surface area contributed by atoms with Gasteiger partial charge in [-0.05, 0) is 43.2 Å². The number of nitro benzene ring substituents is 1. The molecule has 2 aromatic carbocycles. The van der Waals surface area contributed by atoms with Crippen LogP contribution in [0.2, 0.25) is 0 Å². The molecule has 1 heterocycles. The zero-order valence-corrected chi connectivity index (χ0v) is 17.8. The van der Waals surface area contributed by atoms with Gasteiger partial charge in [0.1, 0.15) is 5.75 Å². The summed E-state index contributed by atoms with van der Waals surface area (Å²) in [5.41, 5.74) is 2.96. The Kier molecular flexibility index (Phi) is 5.88. The molecule has 29 heavy (non-hydrogen) atoms. The number of non-ortho nitro benzene ring substituents is 1. The number of carbonyl (C=O) groups excluding carboxylic acids is 2. The van der Waals surface area contributed by atoms with E-state index in [1.165, 1.54) is 30.2 Å². The number of carbonyl (C=O) groups is 2. The van der Waals surface area contributed by atoms with Crippen LogP contribution >= 0.6 is 15.9 Å². The lowest BCUT2D eigenvalue weighted by Gasteiger charge is -2.19. The number of rotatable bonds is 5. The molecule has 3 rings (SSSR count). The fourth-order valence-corrected chi connectivity index (χ4v) is 3.71. The predicted octanol–water partition coefficient (Wildman–Crippen LogP) is 3.97. The highest BCUT2D eigenvalue weighted by Crippen LogP contribution is 2.36. The topological polar surface area (TPSA) is 102 Å². The number of hydrogen-bond acceptors (Lipinski definition) is 5. The van der Waals surface area contributed by atoms with Gasteiger partial charge in [0.15, 0.2) is 0 Å². The lowest BCUT2D eigenvalue weighted by atomic mass is 10.1. The molecule has 0 radical (unpaired) electrons. The lowest BCUT2D eigenvalue weighted by molar-refractivity contribution is -0.384. The largest absolute Gasteiger partial charge is 0.494 e. The highest BCUT2D eigenvalue weighted by atomic mass is 79.9. The smallest absolute Gasteiger partial charge is 0.273 e. The van der Waals surface area contributed by atoms with Gasteiger partial charge in [0, 0.05) is 29.2 Å². The molecule has 9 heteroatoms. The van der Waals surface area contributed by atoms with Gasteiger partial charge in [-0.25, -0.2) is 0 Å². The maximum atomic E-state index is 12.8. The molecule has 0 unspecified atom stereocenters. The number of benzene rings is 2. The van der Waals surface area contributed by atoms with E-state index < -0.39 is 10.8 Å². The molecule has 2 aromatic rings. The third-order valence-corrected chi connectivity index (χ3v) is 6.00. The van der Waals surface area contributed by atoms with E-state index in [1.807, 2.05) is 26.0 Å². The van der Waals surface area contributed by atoms with Gasteiger partial charge >= 0.3 is 0 Å². The van der Waals surface area contributed by atoms with Crippen LogP contribution in [0.5, 0.6) is 5.75 Å². The van der Waals surface area contributed by atoms with Crippen molar-refractivity contribution in [3.63, 3.8) is 0 Å². The number of nitro groups is 1. The standard InChI is InChI=1S/C20H20BrN3O5/c1-11-12(2)16(6-5-15(11)21)22-20(26)13-8-19(25)23(10-13)17-7-4-14(24(27)28)9-18(17)29-3/h4-7,9,13H,8,10H2,1-3H3,(H,22,26)/t13-/m0/s1. The quantitative estimate of drug-likeness (QED) is 0.535. The van der Waals surface area contributed by atoms with Crippen molar-refractivity contribution in [2.45, 2.75) is 20.3 Å². The number of nitrogens with one attached hydrogen (secondary N) is 1. The average Bonchev–Trinajstić information content (AvgIpc) is 3.09. The number of anilines is 2. The van der Waals surface area contributed by atoms with Crippen LogP contribution in [0.3, 0.4) is 0 Å². The van der Waals surface area contributed by atoms with E-state index in [4.69, 9.17) is 4.74 Å². The van der Waals surface area contributed by atoms with Gasteiger partial charge in [-0.3, -0.25) is 19.7 Å². The molecule has 1 saturated heterocycles. The van der Waals surface area contributed by atoms with E-state index in [-0.39, 0.29) is 36.2 Å². The summed E-state index contributed by atoms with van der Waals surface area (Å²) in [5.74, 6) is -0.800. The number of amides is 2. The van der Waals surface area contributed by atoms with E-state index >= 15 is 0 Å². The second-order valence-corrected chi connectivity index (χ2v) is 7.71. The Morgan fingerprint density at radius 2 is 2.00 bits per heavy atom. The Morgan fingerprint density at radius 1 is 1.28 bits per heavy atom. The van der Waals surface area contributed by atoms with Crippen molar-refractivity contribution >= 4 is 44.8 Å². The minimum Gasteiger partial charge on any atom is -0.494 e. The molecule has 2 amide bonds. The second-order valence-electron chi connectivity index (χ2n) is 6.85. The third-order valence-electron chi connectivity index (χ3n) is 5.14. The normalized spacial score (nSPS) is 16.1. The Labute approximate surface area is 176 Å². The Morgan fingerprint density at radius 3 is 2.66 bits per heavy atom. The maximum absolute atomic E-state index is 12.8. The van der Waals surface area contributed by atoms with Gasteiger partial charge in [-0.2, -0.15) is 0 Å². The maximum Gasteiger partial charge on any atom is 0.273 e. The van der Waals surface area contributed by atoms with E-state index in [1.54, 1.807) is 0 Å². The van der Waals surface area contributed by atoms with Gasteiger partial charge in [0.05, 0.1) is 29.7 Å². The molecule has 1 N–H and O–H groups in total. The Balaban J connectivity index is 1.79. The Hall–Kier alpha value is -2.94. The van der Waals surface area contributed by atoms with Crippen molar-refractivity contribution in [2.24, 2.45) is 5.92 Å². The predicted molar refractivity (Wildman–Crippen MR) is 112 cm³/mol. The van der Waals surface area contributed by atoms with Crippen LogP contribution in [-0.2, 0) is 9.59 Å². The first-order valence-electron chi connectivity index (χ1n) is 8.92. The van der Waals surface area contributed by atoms with Crippen molar-refractivity contribution in [1.82, 2.24) is 0 Å². The van der Waals surface area contributed by atoms with Crippen molar-refractivity contribution in [3.05, 3.63) is 56.0 Å². The van der Waals surface area contributed by atoms with Gasteiger partial charge < -0.3 is 15.0 Å². The van der Waals surface area contributed by atoms with Crippen molar-refractivity contribution in [3.8, 4) is 5.75 Å². The van der Waals surface area contributed by atoms with Crippen molar-refractivity contribution in [2.75, 3.05) is 23.9 Å². The summed E-state index contributed by atoms with van der Waals surface area (Å²) in [6.07, 6.45) is 0.0561. The molecule has 1 aliphatic rings. The van der Waals surface area contributed by atoms with Gasteiger partial charge in [-0.1, -0.05) is 15.9 Å². The molecule has 0 spiro atoms. The number of hydrogen-bond donors (Lipinski definition) is 1. The fourth-order valence-electron chi connectivity index (χ4n) is 3.28. The van der Waals surface area contributed by atoms with E-state index in [0.717, 1.165) is 15.6 Å². The molecule has 0 aliphatic carbocycles. The minimum atomic E-state index is -0.536. The first-order valence-corrected chi connectivity index (χ1v) is 9.71. The summed E-state index contributed by atoms with van der Waals surface area (Å²) in [7, 11) is 1.38. The van der Waals surface area contributed by atoms with Gasteiger partial charge in [-0.15, -0.1) is 0 Å². The highest BCUT2D eigenvalue weighted by molar-refractivity contribution is 9.10. The van der Waals surface area contributed by atoms with Crippen LogP contribution in [-0.4, -0.2) is 30.4 Å². The van der Waals surface area contributed by atoms with Gasteiger partial charge in [0.2, 0.25) is 11.8 Å². The molecular weight excluding hydrogens is 442 g/mol. The molecule has 1 atom stereocenters. The molecule has 0 bridgehead atoms. The number of methoxy groups -OCH3 is 1. The zero-order chi connectivity index (χ0) is 21.3. The van der Waals surface area contributed by atoms with E-state index in [9.17, 15) is 19.7 Å². The van der Waals surface area contributed by atoms with E-state index in [0.29, 0.717) is 11.4 Å². The molecule has 1 fully saturated rings. The van der Waals surface area contributed by atoms with Crippen molar-refractivity contribution < 1.29 is 19.2 Å². The van der Waals surface area contributed by atoms with Crippen LogP contribution in [0.25, 0.3) is 0 Å². The molecule has 1 aliphatic heterocycles. The number of ether oxygens (including phenoxy) is 1. The van der Waals surface area contributed by atoms with Crippen molar-refractivity contribution in [1.29, 1.82) is 0 Å². The first kappa shape index (κ1) is 20.8. The van der Waals surface area contributed by atoms with Crippen LogP contribution in [0, 0.1) is 29.9 Å². The molecular formula is C20H20BrN3O5. The highest BCUT2D eigenvalue weighted by Gasteiger charge is 2.36. The van der Waals surface area contributed by atoms with Crippen LogP contribution in [0.4, 0.5) is 17.1 Å². The summed E-state index contributed by atoms with van der Waals surface area (Å²) in [4.78, 5) is 37.2. The second kappa shape index (κ2) is 8.20. The first-order chi connectivity index (χ1) is 13.7. The minimum absolute atomic E-state index is 0.0561. The van der Waals surface area contributed by atoms with Gasteiger partial charge in [0.25, 0.3) is 5.69 Å². The molecule has 152 valence electrons. The summed E-state index contributed by atoms with van der Waals surface area (Å²) >= 11 is 3.46. The SMILES string of the molecule is COc1cc([N+](=O)[O-])ccc1N1C[C@@H](C(=O)Nc2ccc(Br)c(C)c2C)CC1=O. The zero-order valence-electron chi connectivity index (χ0n) is 16.2. The third kappa shape index (κ3) is 4.09. The van der Waals surface area contributed by atoms with Crippen LogP contribution in [0.1, 0.15) is 17.5 Å². The van der Waals surface area contributed by atoms with Crippen LogP contribution in [0.15, 0.2) is 34.8 Å². The molecule has 0 aromatic heterocycles. The number of nitrogens with zero attached hydrogens (tertiary/aromatic N) is 2. The summed E-state index contributed by atoms with van der Waals surface area (Å²) < 4.78 is 6.18. The molecule has 8 nitrogen and oxygen atoms in total.